The van der Waals surface area contributed by atoms with Crippen molar-refractivity contribution in [3.8, 4) is 5.75 Å². The largest absolute Gasteiger partial charge is 0.508 e. The highest BCUT2D eigenvalue weighted by molar-refractivity contribution is 9.10. The summed E-state index contributed by atoms with van der Waals surface area (Å²) in [4.78, 5) is 5.40. The van der Waals surface area contributed by atoms with Crippen LogP contribution in [0.5, 0.6) is 5.75 Å². The molecule has 2 aromatic rings. The van der Waals surface area contributed by atoms with E-state index in [1.54, 1.807) is 19.1 Å². The maximum atomic E-state index is 14.6. The van der Waals surface area contributed by atoms with E-state index in [1.807, 2.05) is 0 Å². The van der Waals surface area contributed by atoms with Gasteiger partial charge < -0.3 is 5.11 Å². The fourth-order valence-corrected chi connectivity index (χ4v) is 3.55. The monoisotopic (exact) mass is 418 g/mol. The first-order valence-corrected chi connectivity index (χ1v) is 8.40. The summed E-state index contributed by atoms with van der Waals surface area (Å²) in [6, 6.07) is 4.09. The Kier molecular flexibility index (Phi) is 4.76. The maximum absolute atomic E-state index is 14.6. The van der Waals surface area contributed by atoms with E-state index in [1.165, 1.54) is 17.2 Å². The predicted octanol–water partition coefficient (Wildman–Crippen LogP) is 4.59. The second-order valence-corrected chi connectivity index (χ2v) is 7.06. The first-order chi connectivity index (χ1) is 11.7. The normalized spacial score (nSPS) is 21.2. The molecule has 0 unspecified atom stereocenters. The summed E-state index contributed by atoms with van der Waals surface area (Å²) in [5.41, 5.74) is 0.956. The number of phenols is 1. The van der Waals surface area contributed by atoms with Gasteiger partial charge >= 0.3 is 6.18 Å². The summed E-state index contributed by atoms with van der Waals surface area (Å²) in [5.74, 6) is -0.973. The van der Waals surface area contributed by atoms with Crippen LogP contribution in [0.4, 0.5) is 17.6 Å². The van der Waals surface area contributed by atoms with Gasteiger partial charge in [0.25, 0.3) is 0 Å². The number of halogens is 5. The number of benzene rings is 1. The standard InChI is InChI=1S/C17H15BrF4N2O/c1-9-4-10-5-12(25)6-13(19)15(10)16(24(9)8-17(20,21)22)14-3-2-11(18)7-23-14/h2-3,5-7,9,16,25H,4,8H2,1H3/t9-,16-/m1/s1. The molecule has 0 saturated heterocycles. The highest BCUT2D eigenvalue weighted by Gasteiger charge is 2.42. The van der Waals surface area contributed by atoms with Gasteiger partial charge in [-0.3, -0.25) is 9.88 Å². The van der Waals surface area contributed by atoms with Gasteiger partial charge in [0.2, 0.25) is 0 Å². The molecule has 1 N–H and O–H groups in total. The summed E-state index contributed by atoms with van der Waals surface area (Å²) >= 11 is 3.24. The number of aromatic nitrogens is 1. The second kappa shape index (κ2) is 6.57. The summed E-state index contributed by atoms with van der Waals surface area (Å²) in [5, 5.41) is 9.65. The van der Waals surface area contributed by atoms with Crippen LogP contribution in [0.2, 0.25) is 0 Å². The molecule has 1 aliphatic heterocycles. The number of fused-ring (bicyclic) bond motifs is 1. The number of hydrogen-bond acceptors (Lipinski definition) is 3. The van der Waals surface area contributed by atoms with Crippen LogP contribution in [0.15, 0.2) is 34.9 Å². The quantitative estimate of drug-likeness (QED) is 0.724. The number of alkyl halides is 3. The van der Waals surface area contributed by atoms with Crippen LogP contribution in [-0.4, -0.2) is 33.8 Å². The molecular weight excluding hydrogens is 404 g/mol. The van der Waals surface area contributed by atoms with Crippen molar-refractivity contribution in [3.05, 3.63) is 57.6 Å². The van der Waals surface area contributed by atoms with Gasteiger partial charge in [-0.2, -0.15) is 13.2 Å². The Morgan fingerprint density at radius 3 is 2.64 bits per heavy atom. The summed E-state index contributed by atoms with van der Waals surface area (Å²) in [7, 11) is 0. The number of rotatable bonds is 2. The number of aromatic hydroxyl groups is 1. The van der Waals surface area contributed by atoms with Crippen molar-refractivity contribution in [2.75, 3.05) is 6.54 Å². The zero-order chi connectivity index (χ0) is 18.4. The van der Waals surface area contributed by atoms with E-state index in [0.29, 0.717) is 15.7 Å². The van der Waals surface area contributed by atoms with Crippen molar-refractivity contribution in [1.29, 1.82) is 0 Å². The van der Waals surface area contributed by atoms with Crippen molar-refractivity contribution in [2.45, 2.75) is 31.6 Å². The molecule has 0 fully saturated rings. The zero-order valence-electron chi connectivity index (χ0n) is 13.2. The van der Waals surface area contributed by atoms with Gasteiger partial charge in [-0.15, -0.1) is 0 Å². The minimum Gasteiger partial charge on any atom is -0.508 e. The third kappa shape index (κ3) is 3.79. The lowest BCUT2D eigenvalue weighted by Gasteiger charge is -2.42. The molecule has 0 bridgehead atoms. The Bertz CT molecular complexity index is 779. The summed E-state index contributed by atoms with van der Waals surface area (Å²) in [6.45, 7) is 0.485. The second-order valence-electron chi connectivity index (χ2n) is 6.14. The fourth-order valence-electron chi connectivity index (χ4n) is 3.31. The molecule has 1 aromatic heterocycles. The Morgan fingerprint density at radius 2 is 2.04 bits per heavy atom. The molecule has 0 spiro atoms. The van der Waals surface area contributed by atoms with Crippen LogP contribution in [0.3, 0.4) is 0 Å². The number of nitrogens with zero attached hydrogens (tertiary/aromatic N) is 2. The van der Waals surface area contributed by atoms with E-state index in [4.69, 9.17) is 0 Å². The molecule has 1 aliphatic rings. The minimum atomic E-state index is -4.42. The van der Waals surface area contributed by atoms with Crippen molar-refractivity contribution in [2.24, 2.45) is 0 Å². The molecule has 1 aromatic carbocycles. The molecule has 134 valence electrons. The van der Waals surface area contributed by atoms with E-state index in [-0.39, 0.29) is 17.7 Å². The minimum absolute atomic E-state index is 0.134. The van der Waals surface area contributed by atoms with E-state index in [2.05, 4.69) is 20.9 Å². The van der Waals surface area contributed by atoms with Crippen LogP contribution in [0.25, 0.3) is 0 Å². The molecule has 0 amide bonds. The Labute approximate surface area is 150 Å². The average Bonchev–Trinajstić information content (AvgIpc) is 2.48. The predicted molar refractivity (Wildman–Crippen MR) is 87.8 cm³/mol. The third-order valence-corrected chi connectivity index (χ3v) is 4.75. The first-order valence-electron chi connectivity index (χ1n) is 7.61. The van der Waals surface area contributed by atoms with Crippen LogP contribution in [0.1, 0.15) is 29.8 Å². The molecule has 25 heavy (non-hydrogen) atoms. The molecule has 0 saturated carbocycles. The van der Waals surface area contributed by atoms with Crippen molar-refractivity contribution < 1.29 is 22.7 Å². The topological polar surface area (TPSA) is 36.4 Å². The molecule has 3 rings (SSSR count). The van der Waals surface area contributed by atoms with E-state index >= 15 is 0 Å². The SMILES string of the molecule is C[C@@H]1Cc2cc(O)cc(F)c2[C@@H](c2ccc(Br)cn2)N1CC(F)(F)F. The Hall–Kier alpha value is -1.67. The zero-order valence-corrected chi connectivity index (χ0v) is 14.8. The van der Waals surface area contributed by atoms with Gasteiger partial charge in [-0.05, 0) is 53.0 Å². The summed E-state index contributed by atoms with van der Waals surface area (Å²) in [6.07, 6.45) is -2.74. The molecule has 2 heterocycles. The number of hydrogen-bond donors (Lipinski definition) is 1. The first kappa shape index (κ1) is 18.1. The van der Waals surface area contributed by atoms with Crippen molar-refractivity contribution in [3.63, 3.8) is 0 Å². The molecule has 0 aliphatic carbocycles. The van der Waals surface area contributed by atoms with Gasteiger partial charge in [0, 0.05) is 28.3 Å². The van der Waals surface area contributed by atoms with E-state index in [0.717, 1.165) is 6.07 Å². The van der Waals surface area contributed by atoms with Crippen LogP contribution < -0.4 is 0 Å². The Balaban J connectivity index is 2.17. The van der Waals surface area contributed by atoms with Crippen molar-refractivity contribution >= 4 is 15.9 Å². The summed E-state index contributed by atoms with van der Waals surface area (Å²) < 4.78 is 54.6. The van der Waals surface area contributed by atoms with Gasteiger partial charge in [0.1, 0.15) is 11.6 Å². The highest BCUT2D eigenvalue weighted by Crippen LogP contribution is 2.41. The lowest BCUT2D eigenvalue weighted by atomic mass is 9.86. The smallest absolute Gasteiger partial charge is 0.401 e. The molecule has 3 nitrogen and oxygen atoms in total. The Morgan fingerprint density at radius 1 is 1.32 bits per heavy atom. The van der Waals surface area contributed by atoms with Gasteiger partial charge in [-0.1, -0.05) is 0 Å². The fraction of sp³-hybridized carbons (Fsp3) is 0.353. The van der Waals surface area contributed by atoms with Crippen LogP contribution in [-0.2, 0) is 6.42 Å². The van der Waals surface area contributed by atoms with Crippen LogP contribution >= 0.6 is 15.9 Å². The van der Waals surface area contributed by atoms with E-state index < -0.39 is 30.6 Å². The van der Waals surface area contributed by atoms with Gasteiger partial charge in [0.15, 0.2) is 0 Å². The number of pyridine rings is 1. The van der Waals surface area contributed by atoms with E-state index in [9.17, 15) is 22.7 Å². The maximum Gasteiger partial charge on any atom is 0.401 e. The number of phenolic OH excluding ortho intramolecular Hbond substituents is 1. The van der Waals surface area contributed by atoms with Gasteiger partial charge in [0.05, 0.1) is 18.3 Å². The van der Waals surface area contributed by atoms with Crippen molar-refractivity contribution in [1.82, 2.24) is 9.88 Å². The lowest BCUT2D eigenvalue weighted by molar-refractivity contribution is -0.155. The molecular formula is C17H15BrF4N2O. The molecule has 8 heteroatoms. The molecule has 0 radical (unpaired) electrons. The molecule has 2 atom stereocenters. The van der Waals surface area contributed by atoms with Crippen LogP contribution in [0, 0.1) is 5.82 Å². The van der Waals surface area contributed by atoms with Gasteiger partial charge in [-0.25, -0.2) is 4.39 Å². The third-order valence-electron chi connectivity index (χ3n) is 4.28. The average molecular weight is 419 g/mol. The highest BCUT2D eigenvalue weighted by atomic mass is 79.9. The lowest BCUT2D eigenvalue weighted by Crippen LogP contribution is -2.47.